The number of aromatic nitrogens is 3. The van der Waals surface area contributed by atoms with Crippen LogP contribution in [0.5, 0.6) is 0 Å². The Labute approximate surface area is 69.5 Å². The van der Waals surface area contributed by atoms with Crippen LogP contribution in [0.1, 0.15) is 5.69 Å². The Morgan fingerprint density at radius 2 is 2.42 bits per heavy atom. The summed E-state index contributed by atoms with van der Waals surface area (Å²) in [5, 5.41) is 16.1. The van der Waals surface area contributed by atoms with Crippen molar-refractivity contribution in [3.05, 3.63) is 5.69 Å². The van der Waals surface area contributed by atoms with Crippen molar-refractivity contribution in [2.75, 3.05) is 19.5 Å². The molecular formula is C6H9N5O. The normalized spacial score (nSPS) is 9.67. The van der Waals surface area contributed by atoms with Gasteiger partial charge >= 0.3 is 0 Å². The van der Waals surface area contributed by atoms with Crippen molar-refractivity contribution in [3.8, 4) is 6.07 Å². The predicted molar refractivity (Wildman–Crippen MR) is 41.0 cm³/mol. The first kappa shape index (κ1) is 8.49. The second kappa shape index (κ2) is 3.69. The van der Waals surface area contributed by atoms with Gasteiger partial charge in [0.2, 0.25) is 5.69 Å². The number of methoxy groups -OCH3 is 1. The van der Waals surface area contributed by atoms with Gasteiger partial charge in [-0.2, -0.15) is 10.1 Å². The number of rotatable bonds is 3. The van der Waals surface area contributed by atoms with Crippen LogP contribution in [0.2, 0.25) is 0 Å². The second-order valence-corrected chi connectivity index (χ2v) is 2.13. The topological polar surface area (TPSA) is 89.8 Å². The van der Waals surface area contributed by atoms with E-state index in [9.17, 15) is 0 Å². The number of hydrogen-bond acceptors (Lipinski definition) is 5. The molecule has 0 aliphatic carbocycles. The summed E-state index contributed by atoms with van der Waals surface area (Å²) in [6, 6.07) is 1.83. The Hall–Kier alpha value is -1.61. The van der Waals surface area contributed by atoms with Crippen LogP contribution in [0.25, 0.3) is 0 Å². The van der Waals surface area contributed by atoms with Crippen LogP contribution in [0, 0.1) is 11.3 Å². The number of nitrogen functional groups attached to an aromatic ring is 1. The van der Waals surface area contributed by atoms with Gasteiger partial charge in [0.05, 0.1) is 13.2 Å². The van der Waals surface area contributed by atoms with Crippen molar-refractivity contribution in [3.63, 3.8) is 0 Å². The van der Waals surface area contributed by atoms with E-state index in [-0.39, 0.29) is 11.5 Å². The van der Waals surface area contributed by atoms with Crippen molar-refractivity contribution in [2.24, 2.45) is 0 Å². The summed E-state index contributed by atoms with van der Waals surface area (Å²) < 4.78 is 4.80. The summed E-state index contributed by atoms with van der Waals surface area (Å²) in [5.74, 6) is 0.161. The van der Waals surface area contributed by atoms with E-state index in [1.807, 2.05) is 6.07 Å². The lowest BCUT2D eigenvalue weighted by Crippen LogP contribution is -2.07. The zero-order valence-electron chi connectivity index (χ0n) is 6.69. The van der Waals surface area contributed by atoms with Gasteiger partial charge < -0.3 is 10.5 Å². The zero-order chi connectivity index (χ0) is 8.97. The van der Waals surface area contributed by atoms with Crippen molar-refractivity contribution in [2.45, 2.75) is 6.54 Å². The highest BCUT2D eigenvalue weighted by Gasteiger charge is 2.05. The van der Waals surface area contributed by atoms with E-state index in [0.29, 0.717) is 13.2 Å². The van der Waals surface area contributed by atoms with Gasteiger partial charge in [-0.3, -0.25) is 0 Å². The third-order valence-corrected chi connectivity index (χ3v) is 1.28. The molecule has 0 saturated heterocycles. The minimum atomic E-state index is 0.158. The average Bonchev–Trinajstić information content (AvgIpc) is 2.43. The molecule has 12 heavy (non-hydrogen) atoms. The second-order valence-electron chi connectivity index (χ2n) is 2.13. The van der Waals surface area contributed by atoms with Crippen LogP contribution in [0.15, 0.2) is 0 Å². The number of nitrogens with zero attached hydrogens (tertiary/aromatic N) is 4. The lowest BCUT2D eigenvalue weighted by molar-refractivity contribution is 0.179. The third kappa shape index (κ3) is 1.71. The first-order valence-corrected chi connectivity index (χ1v) is 3.37. The third-order valence-electron chi connectivity index (χ3n) is 1.28. The Kier molecular flexibility index (Phi) is 2.61. The molecule has 0 amide bonds. The molecule has 1 aromatic rings. The lowest BCUT2D eigenvalue weighted by Gasteiger charge is -1.95. The summed E-state index contributed by atoms with van der Waals surface area (Å²) in [5.41, 5.74) is 5.52. The van der Waals surface area contributed by atoms with Crippen LogP contribution < -0.4 is 5.73 Å². The number of nitrogens with two attached hydrogens (primary N) is 1. The molecule has 0 aromatic carbocycles. The quantitative estimate of drug-likeness (QED) is 0.647. The molecular weight excluding hydrogens is 158 g/mol. The van der Waals surface area contributed by atoms with E-state index in [0.717, 1.165) is 0 Å². The Balaban J connectivity index is 2.70. The maximum absolute atomic E-state index is 8.48. The first-order valence-electron chi connectivity index (χ1n) is 3.37. The molecule has 2 N–H and O–H groups in total. The van der Waals surface area contributed by atoms with E-state index in [1.165, 1.54) is 4.80 Å². The van der Waals surface area contributed by atoms with Crippen LogP contribution in [0.3, 0.4) is 0 Å². The number of ether oxygens (including phenoxy) is 1. The minimum absolute atomic E-state index is 0.158. The maximum Gasteiger partial charge on any atom is 0.206 e. The molecule has 6 heteroatoms. The highest BCUT2D eigenvalue weighted by Crippen LogP contribution is 2.01. The highest BCUT2D eigenvalue weighted by molar-refractivity contribution is 5.41. The van der Waals surface area contributed by atoms with Gasteiger partial charge in [-0.05, 0) is 0 Å². The molecule has 0 aliphatic rings. The lowest BCUT2D eigenvalue weighted by atomic mass is 10.5. The molecule has 0 unspecified atom stereocenters. The van der Waals surface area contributed by atoms with Gasteiger partial charge in [-0.15, -0.1) is 10.2 Å². The molecule has 1 aromatic heterocycles. The Morgan fingerprint density at radius 3 is 2.92 bits per heavy atom. The number of hydrogen-bond donors (Lipinski definition) is 1. The van der Waals surface area contributed by atoms with Crippen molar-refractivity contribution in [1.29, 1.82) is 5.26 Å². The predicted octanol–water partition coefficient (Wildman–Crippen LogP) is -0.622. The molecule has 0 aliphatic heterocycles. The molecule has 0 bridgehead atoms. The molecule has 0 atom stereocenters. The maximum atomic E-state index is 8.48. The van der Waals surface area contributed by atoms with Crippen molar-refractivity contribution >= 4 is 5.82 Å². The molecule has 0 radical (unpaired) electrons. The Bertz CT molecular complexity index is 299. The SMILES string of the molecule is COCCn1nc(N)c(C#N)n1. The summed E-state index contributed by atoms with van der Waals surface area (Å²) >= 11 is 0. The van der Waals surface area contributed by atoms with Crippen LogP contribution in [-0.2, 0) is 11.3 Å². The number of nitriles is 1. The van der Waals surface area contributed by atoms with Crippen molar-refractivity contribution in [1.82, 2.24) is 15.0 Å². The van der Waals surface area contributed by atoms with Gasteiger partial charge in [-0.1, -0.05) is 0 Å². The van der Waals surface area contributed by atoms with Crippen molar-refractivity contribution < 1.29 is 4.74 Å². The van der Waals surface area contributed by atoms with Crippen LogP contribution in [-0.4, -0.2) is 28.7 Å². The van der Waals surface area contributed by atoms with Gasteiger partial charge in [0.1, 0.15) is 6.07 Å². The van der Waals surface area contributed by atoms with Crippen LogP contribution >= 0.6 is 0 Å². The average molecular weight is 167 g/mol. The monoisotopic (exact) mass is 167 g/mol. The molecule has 0 spiro atoms. The summed E-state index contributed by atoms with van der Waals surface area (Å²) in [4.78, 5) is 1.34. The van der Waals surface area contributed by atoms with E-state index in [2.05, 4.69) is 10.2 Å². The zero-order valence-corrected chi connectivity index (χ0v) is 6.69. The van der Waals surface area contributed by atoms with E-state index in [4.69, 9.17) is 15.7 Å². The fourth-order valence-electron chi connectivity index (χ4n) is 0.713. The molecule has 0 fully saturated rings. The summed E-state index contributed by atoms with van der Waals surface area (Å²) in [6.07, 6.45) is 0. The molecule has 6 nitrogen and oxygen atoms in total. The van der Waals surface area contributed by atoms with Crippen LogP contribution in [0.4, 0.5) is 5.82 Å². The van der Waals surface area contributed by atoms with E-state index >= 15 is 0 Å². The molecule has 0 saturated carbocycles. The minimum Gasteiger partial charge on any atom is -0.383 e. The fraction of sp³-hybridized carbons (Fsp3) is 0.500. The van der Waals surface area contributed by atoms with E-state index < -0.39 is 0 Å². The first-order chi connectivity index (χ1) is 5.77. The van der Waals surface area contributed by atoms with Gasteiger partial charge in [-0.25, -0.2) is 0 Å². The summed E-state index contributed by atoms with van der Waals surface area (Å²) in [7, 11) is 1.58. The van der Waals surface area contributed by atoms with Gasteiger partial charge in [0.15, 0.2) is 5.82 Å². The van der Waals surface area contributed by atoms with Gasteiger partial charge in [0.25, 0.3) is 0 Å². The largest absolute Gasteiger partial charge is 0.383 e. The fourth-order valence-corrected chi connectivity index (χ4v) is 0.713. The Morgan fingerprint density at radius 1 is 1.67 bits per heavy atom. The molecule has 1 rings (SSSR count). The summed E-state index contributed by atoms with van der Waals surface area (Å²) in [6.45, 7) is 1.00. The standard InChI is InChI=1S/C6H9N5O/c1-12-3-2-11-9-5(4-7)6(8)10-11/h2-3H2,1H3,(H2,8,10). The molecule has 1 heterocycles. The highest BCUT2D eigenvalue weighted by atomic mass is 16.5. The van der Waals surface area contributed by atoms with E-state index in [1.54, 1.807) is 7.11 Å². The number of anilines is 1. The van der Waals surface area contributed by atoms with Gasteiger partial charge in [0, 0.05) is 7.11 Å². The smallest absolute Gasteiger partial charge is 0.206 e. The molecule has 64 valence electrons.